The Morgan fingerprint density at radius 3 is 1.93 bits per heavy atom. The van der Waals surface area contributed by atoms with Crippen molar-refractivity contribution in [1.29, 1.82) is 0 Å². The SMILES string of the molecule is CCCCC1CC2CC(CCC(C)CCCC(C)(C)CC)C(C)CC2CC1C. The van der Waals surface area contributed by atoms with Crippen molar-refractivity contribution < 1.29 is 0 Å². The molecule has 0 heterocycles. The second-order valence-electron chi connectivity index (χ2n) is 12.2. The molecule has 0 aromatic carbocycles. The third-order valence-electron chi connectivity index (χ3n) is 9.30. The van der Waals surface area contributed by atoms with Gasteiger partial charge < -0.3 is 0 Å². The Hall–Kier alpha value is 0. The van der Waals surface area contributed by atoms with Gasteiger partial charge in [-0.3, -0.25) is 0 Å². The second kappa shape index (κ2) is 11.4. The number of hydrogen-bond acceptors (Lipinski definition) is 0. The molecule has 0 bridgehead atoms. The van der Waals surface area contributed by atoms with Gasteiger partial charge in [0.15, 0.2) is 0 Å². The Morgan fingerprint density at radius 2 is 1.36 bits per heavy atom. The molecule has 0 aliphatic heterocycles. The van der Waals surface area contributed by atoms with Crippen molar-refractivity contribution in [3.8, 4) is 0 Å². The van der Waals surface area contributed by atoms with Gasteiger partial charge in [-0.1, -0.05) is 93.4 Å². The average molecular weight is 391 g/mol. The fraction of sp³-hybridized carbons (Fsp3) is 1.00. The third kappa shape index (κ3) is 7.36. The summed E-state index contributed by atoms with van der Waals surface area (Å²) in [7, 11) is 0. The van der Waals surface area contributed by atoms with Crippen molar-refractivity contribution in [2.75, 3.05) is 0 Å². The number of rotatable bonds is 11. The second-order valence-corrected chi connectivity index (χ2v) is 12.2. The standard InChI is InChI=1S/C28H54/c1-8-10-13-24-19-27-20-25(23(5)18-26(27)17-22(24)4)15-14-21(3)12-11-16-28(6,7)9-2/h21-27H,8-20H2,1-7H3. The van der Waals surface area contributed by atoms with Crippen LogP contribution in [0.25, 0.3) is 0 Å². The van der Waals surface area contributed by atoms with E-state index in [2.05, 4.69) is 48.5 Å². The summed E-state index contributed by atoms with van der Waals surface area (Å²) in [5.74, 6) is 7.09. The van der Waals surface area contributed by atoms with Crippen molar-refractivity contribution in [2.24, 2.45) is 46.8 Å². The summed E-state index contributed by atoms with van der Waals surface area (Å²) in [6, 6.07) is 0. The van der Waals surface area contributed by atoms with Gasteiger partial charge >= 0.3 is 0 Å². The Labute approximate surface area is 179 Å². The molecule has 0 aromatic rings. The van der Waals surface area contributed by atoms with E-state index < -0.39 is 0 Å². The van der Waals surface area contributed by atoms with E-state index in [1.807, 2.05) is 0 Å². The van der Waals surface area contributed by atoms with Crippen molar-refractivity contribution in [2.45, 2.75) is 132 Å². The van der Waals surface area contributed by atoms with Gasteiger partial charge in [-0.25, -0.2) is 0 Å². The molecule has 2 rings (SSSR count). The predicted octanol–water partition coefficient (Wildman–Crippen LogP) is 9.52. The number of hydrogen-bond donors (Lipinski definition) is 0. The van der Waals surface area contributed by atoms with Crippen LogP contribution in [0, 0.1) is 46.8 Å². The molecule has 0 heteroatoms. The maximum Gasteiger partial charge on any atom is -0.0357 e. The Balaban J connectivity index is 1.75. The third-order valence-corrected chi connectivity index (χ3v) is 9.30. The largest absolute Gasteiger partial charge is 0.0654 e. The van der Waals surface area contributed by atoms with Crippen LogP contribution in [0.2, 0.25) is 0 Å². The Bertz CT molecular complexity index is 422. The molecule has 2 aliphatic rings. The van der Waals surface area contributed by atoms with Crippen molar-refractivity contribution >= 4 is 0 Å². The molecule has 2 saturated carbocycles. The molecule has 0 nitrogen and oxygen atoms in total. The van der Waals surface area contributed by atoms with Crippen LogP contribution in [0.15, 0.2) is 0 Å². The highest BCUT2D eigenvalue weighted by Gasteiger charge is 2.40. The predicted molar refractivity (Wildman–Crippen MR) is 127 cm³/mol. The zero-order valence-electron chi connectivity index (χ0n) is 20.7. The highest BCUT2D eigenvalue weighted by atomic mass is 14.5. The first kappa shape index (κ1) is 24.3. The number of fused-ring (bicyclic) bond motifs is 1. The maximum atomic E-state index is 2.59. The van der Waals surface area contributed by atoms with E-state index in [-0.39, 0.29) is 0 Å². The zero-order chi connectivity index (χ0) is 20.7. The van der Waals surface area contributed by atoms with Crippen LogP contribution in [0.5, 0.6) is 0 Å². The fourth-order valence-electron chi connectivity index (χ4n) is 6.56. The molecule has 0 saturated heterocycles. The number of unbranched alkanes of at least 4 members (excludes halogenated alkanes) is 1. The van der Waals surface area contributed by atoms with Crippen LogP contribution in [0.3, 0.4) is 0 Å². The molecule has 7 unspecified atom stereocenters. The average Bonchev–Trinajstić information content (AvgIpc) is 2.65. The minimum Gasteiger partial charge on any atom is -0.0654 e. The van der Waals surface area contributed by atoms with Gasteiger partial charge in [0.25, 0.3) is 0 Å². The van der Waals surface area contributed by atoms with Crippen LogP contribution in [0.4, 0.5) is 0 Å². The molecular weight excluding hydrogens is 336 g/mol. The zero-order valence-corrected chi connectivity index (χ0v) is 20.7. The Morgan fingerprint density at radius 1 is 0.786 bits per heavy atom. The van der Waals surface area contributed by atoms with Gasteiger partial charge in [-0.2, -0.15) is 0 Å². The van der Waals surface area contributed by atoms with E-state index >= 15 is 0 Å². The van der Waals surface area contributed by atoms with Crippen molar-refractivity contribution in [3.05, 3.63) is 0 Å². The van der Waals surface area contributed by atoms with Gasteiger partial charge in [-0.15, -0.1) is 0 Å². The van der Waals surface area contributed by atoms with E-state index in [9.17, 15) is 0 Å². The summed E-state index contributed by atoms with van der Waals surface area (Å²) < 4.78 is 0. The summed E-state index contributed by atoms with van der Waals surface area (Å²) in [4.78, 5) is 0. The molecule has 0 radical (unpaired) electrons. The first-order valence-electron chi connectivity index (χ1n) is 13.3. The topological polar surface area (TPSA) is 0 Å². The van der Waals surface area contributed by atoms with Gasteiger partial charge in [-0.05, 0) is 85.4 Å². The van der Waals surface area contributed by atoms with Gasteiger partial charge in [0, 0.05) is 0 Å². The van der Waals surface area contributed by atoms with Gasteiger partial charge in [0.05, 0.1) is 0 Å². The molecule has 166 valence electrons. The van der Waals surface area contributed by atoms with E-state index in [1.165, 1.54) is 57.8 Å². The minimum absolute atomic E-state index is 0.555. The summed E-state index contributed by atoms with van der Waals surface area (Å²) in [6.45, 7) is 17.3. The van der Waals surface area contributed by atoms with E-state index in [1.54, 1.807) is 25.7 Å². The van der Waals surface area contributed by atoms with Gasteiger partial charge in [0.2, 0.25) is 0 Å². The molecule has 2 aliphatic carbocycles. The minimum atomic E-state index is 0.555. The molecule has 0 N–H and O–H groups in total. The quantitative estimate of drug-likeness (QED) is 0.329. The molecule has 28 heavy (non-hydrogen) atoms. The lowest BCUT2D eigenvalue weighted by Gasteiger charge is -2.48. The van der Waals surface area contributed by atoms with E-state index in [4.69, 9.17) is 0 Å². The molecule has 2 fully saturated rings. The van der Waals surface area contributed by atoms with E-state index in [0.29, 0.717) is 5.41 Å². The van der Waals surface area contributed by atoms with Crippen LogP contribution >= 0.6 is 0 Å². The monoisotopic (exact) mass is 390 g/mol. The van der Waals surface area contributed by atoms with Crippen molar-refractivity contribution in [3.63, 3.8) is 0 Å². The normalized spacial score (nSPS) is 34.8. The lowest BCUT2D eigenvalue weighted by Crippen LogP contribution is -2.38. The fourth-order valence-corrected chi connectivity index (χ4v) is 6.56. The highest BCUT2D eigenvalue weighted by molar-refractivity contribution is 4.91. The summed E-state index contributed by atoms with van der Waals surface area (Å²) in [5.41, 5.74) is 0.555. The molecule has 7 atom stereocenters. The summed E-state index contributed by atoms with van der Waals surface area (Å²) >= 11 is 0. The molecular formula is C28H54. The van der Waals surface area contributed by atoms with Crippen molar-refractivity contribution in [1.82, 2.24) is 0 Å². The summed E-state index contributed by atoms with van der Waals surface area (Å²) in [5, 5.41) is 0. The maximum absolute atomic E-state index is 2.59. The van der Waals surface area contributed by atoms with Gasteiger partial charge in [0.1, 0.15) is 0 Å². The first-order valence-corrected chi connectivity index (χ1v) is 13.3. The first-order chi connectivity index (χ1) is 13.3. The smallest absolute Gasteiger partial charge is 0.0357 e. The molecule has 0 amide bonds. The van der Waals surface area contributed by atoms with Crippen LogP contribution in [-0.2, 0) is 0 Å². The van der Waals surface area contributed by atoms with E-state index in [0.717, 1.165) is 41.4 Å². The molecule has 0 aromatic heterocycles. The van der Waals surface area contributed by atoms with Crippen LogP contribution in [0.1, 0.15) is 132 Å². The van der Waals surface area contributed by atoms with Crippen LogP contribution in [-0.4, -0.2) is 0 Å². The molecule has 0 spiro atoms. The highest BCUT2D eigenvalue weighted by Crippen LogP contribution is 2.50. The lowest BCUT2D eigenvalue weighted by molar-refractivity contribution is 0.0274. The van der Waals surface area contributed by atoms with Crippen LogP contribution < -0.4 is 0 Å². The summed E-state index contributed by atoms with van der Waals surface area (Å²) in [6.07, 6.45) is 19.2. The lowest BCUT2D eigenvalue weighted by atomic mass is 9.58. The Kier molecular flexibility index (Phi) is 9.89.